The molecule has 0 unspecified atom stereocenters. The summed E-state index contributed by atoms with van der Waals surface area (Å²) in [7, 11) is -3.81. The monoisotopic (exact) mass is 334 g/mol. The molecule has 3 N–H and O–H groups in total. The third-order valence-corrected chi connectivity index (χ3v) is 4.05. The van der Waals surface area contributed by atoms with Gasteiger partial charge in [0.05, 0.1) is 4.90 Å². The van der Waals surface area contributed by atoms with Gasteiger partial charge < -0.3 is 10.1 Å². The first-order valence-electron chi connectivity index (χ1n) is 6.88. The molecule has 0 fully saturated rings. The van der Waals surface area contributed by atoms with Gasteiger partial charge in [-0.2, -0.15) is 0 Å². The molecule has 0 saturated carbocycles. The van der Waals surface area contributed by atoms with Crippen molar-refractivity contribution in [2.45, 2.75) is 18.7 Å². The number of carbonyl (C=O) groups is 1. The third kappa shape index (κ3) is 4.80. The maximum atomic E-state index is 11.9. The average Bonchev–Trinajstić information content (AvgIpc) is 2.45. The van der Waals surface area contributed by atoms with E-state index in [4.69, 9.17) is 9.88 Å². The van der Waals surface area contributed by atoms with Crippen molar-refractivity contribution in [2.24, 2.45) is 5.14 Å². The Bertz CT molecular complexity index is 832. The summed E-state index contributed by atoms with van der Waals surface area (Å²) in [6, 6.07) is 11.4. The number of sulfonamides is 1. The molecule has 6 nitrogen and oxygen atoms in total. The standard InChI is InChI=1S/C16H18N2O4S/c1-11-6-7-15(12(2)8-11)22-10-16(19)18-13-4-3-5-14(9-13)23(17,20)21/h3-9H,10H2,1-2H3,(H,18,19)(H2,17,20,21). The minimum absolute atomic E-state index is 0.0643. The Labute approximate surface area is 135 Å². The number of primary sulfonamides is 1. The van der Waals surface area contributed by atoms with Crippen LogP contribution in [0.15, 0.2) is 47.4 Å². The minimum atomic E-state index is -3.81. The second-order valence-electron chi connectivity index (χ2n) is 5.18. The van der Waals surface area contributed by atoms with Crippen LogP contribution in [-0.4, -0.2) is 20.9 Å². The van der Waals surface area contributed by atoms with Crippen molar-refractivity contribution in [3.63, 3.8) is 0 Å². The van der Waals surface area contributed by atoms with Crippen LogP contribution in [0.1, 0.15) is 11.1 Å². The van der Waals surface area contributed by atoms with Gasteiger partial charge in [-0.25, -0.2) is 13.6 Å². The van der Waals surface area contributed by atoms with Crippen LogP contribution in [-0.2, 0) is 14.8 Å². The van der Waals surface area contributed by atoms with Gasteiger partial charge in [0.1, 0.15) is 5.75 Å². The molecule has 0 atom stereocenters. The Hall–Kier alpha value is -2.38. The zero-order valence-electron chi connectivity index (χ0n) is 12.9. The number of hydrogen-bond acceptors (Lipinski definition) is 4. The molecule has 2 rings (SSSR count). The van der Waals surface area contributed by atoms with Crippen molar-refractivity contribution in [3.8, 4) is 5.75 Å². The molecule has 0 bridgehead atoms. The van der Waals surface area contributed by atoms with Gasteiger partial charge in [0.25, 0.3) is 5.91 Å². The van der Waals surface area contributed by atoms with Crippen LogP contribution < -0.4 is 15.2 Å². The molecule has 0 aliphatic rings. The number of nitrogens with two attached hydrogens (primary N) is 1. The van der Waals surface area contributed by atoms with E-state index < -0.39 is 15.9 Å². The summed E-state index contributed by atoms with van der Waals surface area (Å²) in [6.07, 6.45) is 0. The van der Waals surface area contributed by atoms with Crippen LogP contribution in [0.3, 0.4) is 0 Å². The highest BCUT2D eigenvalue weighted by molar-refractivity contribution is 7.89. The smallest absolute Gasteiger partial charge is 0.262 e. The van der Waals surface area contributed by atoms with Crippen LogP contribution in [0.2, 0.25) is 0 Å². The van der Waals surface area contributed by atoms with Gasteiger partial charge in [0.2, 0.25) is 10.0 Å². The summed E-state index contributed by atoms with van der Waals surface area (Å²) in [5.41, 5.74) is 2.39. The second-order valence-corrected chi connectivity index (χ2v) is 6.74. The molecule has 23 heavy (non-hydrogen) atoms. The summed E-state index contributed by atoms with van der Waals surface area (Å²) in [5, 5.41) is 7.63. The molecule has 2 aromatic rings. The van der Waals surface area contributed by atoms with Crippen molar-refractivity contribution in [3.05, 3.63) is 53.6 Å². The van der Waals surface area contributed by atoms with Crippen molar-refractivity contribution < 1.29 is 17.9 Å². The van der Waals surface area contributed by atoms with Crippen molar-refractivity contribution in [1.82, 2.24) is 0 Å². The molecule has 122 valence electrons. The Morgan fingerprint density at radius 1 is 1.17 bits per heavy atom. The number of hydrogen-bond donors (Lipinski definition) is 2. The number of aryl methyl sites for hydroxylation is 2. The summed E-state index contributed by atoms with van der Waals surface area (Å²) in [6.45, 7) is 3.70. The van der Waals surface area contributed by atoms with E-state index in [0.29, 0.717) is 11.4 Å². The lowest BCUT2D eigenvalue weighted by Gasteiger charge is -2.10. The number of benzene rings is 2. The lowest BCUT2D eigenvalue weighted by molar-refractivity contribution is -0.118. The van der Waals surface area contributed by atoms with Gasteiger partial charge in [-0.1, -0.05) is 23.8 Å². The molecule has 0 aliphatic heterocycles. The largest absolute Gasteiger partial charge is 0.483 e. The van der Waals surface area contributed by atoms with E-state index in [1.807, 2.05) is 26.0 Å². The molecule has 0 heterocycles. The van der Waals surface area contributed by atoms with Crippen LogP contribution in [0.5, 0.6) is 5.75 Å². The topological polar surface area (TPSA) is 98.5 Å². The summed E-state index contributed by atoms with van der Waals surface area (Å²) >= 11 is 0. The number of amides is 1. The fraction of sp³-hybridized carbons (Fsp3) is 0.188. The Morgan fingerprint density at radius 3 is 2.57 bits per heavy atom. The summed E-state index contributed by atoms with van der Waals surface area (Å²) in [5.74, 6) is 0.237. The number of nitrogens with one attached hydrogen (secondary N) is 1. The Kier molecular flexibility index (Phi) is 5.02. The van der Waals surface area contributed by atoms with Gasteiger partial charge in [0.15, 0.2) is 6.61 Å². The first-order valence-corrected chi connectivity index (χ1v) is 8.43. The molecule has 0 aliphatic carbocycles. The van der Waals surface area contributed by atoms with Gasteiger partial charge in [0, 0.05) is 5.69 Å². The number of rotatable bonds is 5. The van der Waals surface area contributed by atoms with E-state index in [9.17, 15) is 13.2 Å². The first-order chi connectivity index (χ1) is 10.8. The lowest BCUT2D eigenvalue weighted by atomic mass is 10.1. The van der Waals surface area contributed by atoms with Crippen molar-refractivity contribution in [2.75, 3.05) is 11.9 Å². The van der Waals surface area contributed by atoms with Gasteiger partial charge in [-0.15, -0.1) is 0 Å². The van der Waals surface area contributed by atoms with Gasteiger partial charge in [-0.3, -0.25) is 4.79 Å². The van der Waals surface area contributed by atoms with E-state index in [-0.39, 0.29) is 11.5 Å². The molecule has 0 saturated heterocycles. The van der Waals surface area contributed by atoms with E-state index in [1.54, 1.807) is 12.1 Å². The van der Waals surface area contributed by atoms with Gasteiger partial charge >= 0.3 is 0 Å². The first kappa shape index (κ1) is 17.0. The highest BCUT2D eigenvalue weighted by Crippen LogP contribution is 2.19. The maximum Gasteiger partial charge on any atom is 0.262 e. The Balaban J connectivity index is 2.00. The van der Waals surface area contributed by atoms with E-state index in [0.717, 1.165) is 11.1 Å². The van der Waals surface area contributed by atoms with Crippen LogP contribution in [0, 0.1) is 13.8 Å². The van der Waals surface area contributed by atoms with Crippen LogP contribution in [0.4, 0.5) is 5.69 Å². The lowest BCUT2D eigenvalue weighted by Crippen LogP contribution is -2.21. The zero-order chi connectivity index (χ0) is 17.0. The molecule has 0 aromatic heterocycles. The molecule has 2 aromatic carbocycles. The quantitative estimate of drug-likeness (QED) is 0.873. The van der Waals surface area contributed by atoms with Gasteiger partial charge in [-0.05, 0) is 43.7 Å². The summed E-state index contributed by atoms with van der Waals surface area (Å²) < 4.78 is 28.0. The fourth-order valence-electron chi connectivity index (χ4n) is 2.05. The second kappa shape index (κ2) is 6.80. The van der Waals surface area contributed by atoms with Crippen LogP contribution >= 0.6 is 0 Å². The van der Waals surface area contributed by atoms with Crippen LogP contribution in [0.25, 0.3) is 0 Å². The third-order valence-electron chi connectivity index (χ3n) is 3.14. The number of carbonyl (C=O) groups excluding carboxylic acids is 1. The van der Waals surface area contributed by atoms with E-state index in [2.05, 4.69) is 5.32 Å². The van der Waals surface area contributed by atoms with Crippen molar-refractivity contribution in [1.29, 1.82) is 0 Å². The SMILES string of the molecule is Cc1ccc(OCC(=O)Nc2cccc(S(N)(=O)=O)c2)c(C)c1. The minimum Gasteiger partial charge on any atom is -0.483 e. The highest BCUT2D eigenvalue weighted by Gasteiger charge is 2.10. The Morgan fingerprint density at radius 2 is 1.91 bits per heavy atom. The molecule has 0 radical (unpaired) electrons. The molecular formula is C16H18N2O4S. The zero-order valence-corrected chi connectivity index (χ0v) is 13.7. The molecular weight excluding hydrogens is 316 g/mol. The predicted molar refractivity (Wildman–Crippen MR) is 87.9 cm³/mol. The molecule has 0 spiro atoms. The van der Waals surface area contributed by atoms with Crippen molar-refractivity contribution >= 4 is 21.6 Å². The molecule has 7 heteroatoms. The predicted octanol–water partition coefficient (Wildman–Crippen LogP) is 1.97. The number of ether oxygens (including phenoxy) is 1. The average molecular weight is 334 g/mol. The normalized spacial score (nSPS) is 11.1. The number of anilines is 1. The highest BCUT2D eigenvalue weighted by atomic mass is 32.2. The summed E-state index contributed by atoms with van der Waals surface area (Å²) in [4.78, 5) is 11.8. The fourth-order valence-corrected chi connectivity index (χ4v) is 2.61. The maximum absolute atomic E-state index is 11.9. The molecule has 1 amide bonds. The van der Waals surface area contributed by atoms with E-state index in [1.165, 1.54) is 18.2 Å². The van der Waals surface area contributed by atoms with E-state index >= 15 is 0 Å².